The van der Waals surface area contributed by atoms with Crippen LogP contribution in [-0.4, -0.2) is 21.2 Å². The van der Waals surface area contributed by atoms with Crippen molar-refractivity contribution in [3.8, 4) is 18.0 Å². The molecule has 1 aliphatic heterocycles. The van der Waals surface area contributed by atoms with Crippen LogP contribution in [0.3, 0.4) is 0 Å². The van der Waals surface area contributed by atoms with E-state index in [-0.39, 0.29) is 5.69 Å². The van der Waals surface area contributed by atoms with Crippen LogP contribution in [0.5, 0.6) is 0 Å². The Kier molecular flexibility index (Phi) is 3.67. The molecular weight excluding hydrogens is 324 g/mol. The highest BCUT2D eigenvalue weighted by Crippen LogP contribution is 2.28. The first-order valence-electron chi connectivity index (χ1n) is 8.18. The molecule has 1 amide bonds. The van der Waals surface area contributed by atoms with E-state index >= 15 is 0 Å². The molecule has 1 aromatic heterocycles. The molecule has 0 saturated carbocycles. The molecule has 0 unspecified atom stereocenters. The number of benzene rings is 2. The molecular formula is C21H16N4O. The number of terminal acetylenes is 1. The van der Waals surface area contributed by atoms with E-state index in [0.29, 0.717) is 12.2 Å². The lowest BCUT2D eigenvalue weighted by molar-refractivity contribution is 0.0995. The normalized spacial score (nSPS) is 12.4. The van der Waals surface area contributed by atoms with Crippen molar-refractivity contribution in [2.24, 2.45) is 10.7 Å². The summed E-state index contributed by atoms with van der Waals surface area (Å²) in [5.74, 6) is 2.12. The first kappa shape index (κ1) is 15.9. The largest absolute Gasteiger partial charge is 0.364 e. The monoisotopic (exact) mass is 340 g/mol. The average Bonchev–Trinajstić information content (AvgIpc) is 3.00. The van der Waals surface area contributed by atoms with Crippen LogP contribution in [0.25, 0.3) is 5.69 Å². The van der Waals surface area contributed by atoms with Gasteiger partial charge in [-0.2, -0.15) is 0 Å². The van der Waals surface area contributed by atoms with E-state index in [0.717, 1.165) is 33.7 Å². The van der Waals surface area contributed by atoms with Gasteiger partial charge in [-0.1, -0.05) is 30.2 Å². The highest BCUT2D eigenvalue weighted by atomic mass is 16.1. The van der Waals surface area contributed by atoms with Gasteiger partial charge in [0.2, 0.25) is 0 Å². The van der Waals surface area contributed by atoms with Crippen molar-refractivity contribution in [3.05, 3.63) is 82.4 Å². The number of aryl methyl sites for hydroxylation is 1. The maximum atomic E-state index is 11.7. The van der Waals surface area contributed by atoms with E-state index in [9.17, 15) is 4.79 Å². The Morgan fingerprint density at radius 2 is 2.04 bits per heavy atom. The summed E-state index contributed by atoms with van der Waals surface area (Å²) in [5, 5.41) is 0. The van der Waals surface area contributed by atoms with Gasteiger partial charge in [-0.05, 0) is 30.7 Å². The maximum absolute atomic E-state index is 11.7. The van der Waals surface area contributed by atoms with Crippen LogP contribution >= 0.6 is 0 Å². The first-order chi connectivity index (χ1) is 12.6. The van der Waals surface area contributed by atoms with Crippen molar-refractivity contribution >= 4 is 11.6 Å². The number of aliphatic imine (C=N–C) groups is 1. The van der Waals surface area contributed by atoms with Gasteiger partial charge < -0.3 is 5.73 Å². The summed E-state index contributed by atoms with van der Waals surface area (Å²) in [4.78, 5) is 20.7. The minimum Gasteiger partial charge on any atom is -0.364 e. The van der Waals surface area contributed by atoms with Gasteiger partial charge in [-0.15, -0.1) is 6.42 Å². The molecule has 5 heteroatoms. The second-order valence-electron chi connectivity index (χ2n) is 6.13. The van der Waals surface area contributed by atoms with Crippen LogP contribution in [0.2, 0.25) is 0 Å². The van der Waals surface area contributed by atoms with Crippen LogP contribution in [0.1, 0.15) is 38.4 Å². The van der Waals surface area contributed by atoms with Crippen LogP contribution < -0.4 is 5.73 Å². The number of fused-ring (bicyclic) bond motifs is 3. The minimum atomic E-state index is -0.560. The van der Waals surface area contributed by atoms with Crippen LogP contribution in [0.4, 0.5) is 0 Å². The lowest BCUT2D eigenvalue weighted by Crippen LogP contribution is -2.14. The number of amides is 1. The maximum Gasteiger partial charge on any atom is 0.269 e. The number of nitrogens with two attached hydrogens (primary N) is 1. The number of hydrogen-bond donors (Lipinski definition) is 1. The van der Waals surface area contributed by atoms with E-state index in [1.54, 1.807) is 6.33 Å². The fourth-order valence-corrected chi connectivity index (χ4v) is 3.27. The van der Waals surface area contributed by atoms with E-state index < -0.39 is 5.91 Å². The van der Waals surface area contributed by atoms with Crippen LogP contribution in [0, 0.1) is 19.3 Å². The van der Waals surface area contributed by atoms with Crippen molar-refractivity contribution in [3.63, 3.8) is 0 Å². The number of primary amides is 1. The van der Waals surface area contributed by atoms with Crippen molar-refractivity contribution in [2.45, 2.75) is 13.5 Å². The fraction of sp³-hybridized carbons (Fsp3) is 0.0952. The molecule has 26 heavy (non-hydrogen) atoms. The lowest BCUT2D eigenvalue weighted by atomic mass is 9.95. The summed E-state index contributed by atoms with van der Waals surface area (Å²) in [6, 6.07) is 13.8. The summed E-state index contributed by atoms with van der Waals surface area (Å²) >= 11 is 0. The van der Waals surface area contributed by atoms with Gasteiger partial charge in [0.05, 0.1) is 23.6 Å². The number of carbonyl (C=O) groups is 1. The summed E-state index contributed by atoms with van der Waals surface area (Å²) < 4.78 is 1.87. The average molecular weight is 340 g/mol. The van der Waals surface area contributed by atoms with E-state index in [1.165, 1.54) is 0 Å². The predicted molar refractivity (Wildman–Crippen MR) is 101 cm³/mol. The van der Waals surface area contributed by atoms with E-state index in [2.05, 4.69) is 10.9 Å². The number of carbonyl (C=O) groups excluding carboxylic acids is 1. The second kappa shape index (κ2) is 6.01. The van der Waals surface area contributed by atoms with Gasteiger partial charge >= 0.3 is 0 Å². The molecule has 2 aromatic carbocycles. The van der Waals surface area contributed by atoms with Gasteiger partial charge in [0, 0.05) is 16.7 Å². The molecule has 126 valence electrons. The Bertz CT molecular complexity index is 1120. The zero-order chi connectivity index (χ0) is 18.3. The number of nitrogens with zero attached hydrogens (tertiary/aromatic N) is 3. The molecule has 2 heterocycles. The fourth-order valence-electron chi connectivity index (χ4n) is 3.27. The Morgan fingerprint density at radius 3 is 2.77 bits per heavy atom. The zero-order valence-corrected chi connectivity index (χ0v) is 14.2. The quantitative estimate of drug-likeness (QED) is 0.728. The molecule has 4 rings (SSSR count). The SMILES string of the molecule is C#Cc1ccc2c(c1)C(c1ccccc1C)=NCc1c(C(N)=O)ncn1-2. The van der Waals surface area contributed by atoms with Crippen LogP contribution in [0.15, 0.2) is 53.8 Å². The Hall–Kier alpha value is -3.65. The van der Waals surface area contributed by atoms with Crippen molar-refractivity contribution < 1.29 is 4.79 Å². The third-order valence-corrected chi connectivity index (χ3v) is 4.56. The first-order valence-corrected chi connectivity index (χ1v) is 8.18. The number of aromatic nitrogens is 2. The van der Waals surface area contributed by atoms with Crippen LogP contribution in [-0.2, 0) is 6.54 Å². The van der Waals surface area contributed by atoms with Crippen molar-refractivity contribution in [2.75, 3.05) is 0 Å². The van der Waals surface area contributed by atoms with Gasteiger partial charge in [-0.3, -0.25) is 14.4 Å². The van der Waals surface area contributed by atoms with Gasteiger partial charge in [-0.25, -0.2) is 4.98 Å². The second-order valence-corrected chi connectivity index (χ2v) is 6.13. The topological polar surface area (TPSA) is 73.3 Å². The molecule has 0 spiro atoms. The molecule has 5 nitrogen and oxygen atoms in total. The molecule has 2 N–H and O–H groups in total. The predicted octanol–water partition coefficient (Wildman–Crippen LogP) is 2.61. The van der Waals surface area contributed by atoms with Crippen molar-refractivity contribution in [1.82, 2.24) is 9.55 Å². The Labute approximate surface area is 151 Å². The molecule has 0 saturated heterocycles. The standard InChI is InChI=1S/C21H16N4O/c1-3-14-8-9-17-16(10-14)19(15-7-5-4-6-13(15)2)23-11-18-20(21(22)26)24-12-25(17)18/h1,4-10,12H,11H2,2H3,(H2,22,26). The van der Waals surface area contributed by atoms with Gasteiger partial charge in [0.15, 0.2) is 5.69 Å². The van der Waals surface area contributed by atoms with E-state index in [4.69, 9.17) is 17.1 Å². The number of rotatable bonds is 2. The number of hydrogen-bond acceptors (Lipinski definition) is 3. The highest BCUT2D eigenvalue weighted by molar-refractivity contribution is 6.16. The summed E-state index contributed by atoms with van der Waals surface area (Å²) in [6.45, 7) is 2.35. The number of imidazole rings is 1. The smallest absolute Gasteiger partial charge is 0.269 e. The molecule has 0 aliphatic carbocycles. The lowest BCUT2D eigenvalue weighted by Gasteiger charge is -2.13. The minimum absolute atomic E-state index is 0.242. The molecule has 0 fully saturated rings. The Balaban J connectivity index is 2.03. The third kappa shape index (κ3) is 2.40. The molecule has 0 radical (unpaired) electrons. The summed E-state index contributed by atoms with van der Waals surface area (Å²) in [5.41, 5.74) is 11.9. The van der Waals surface area contributed by atoms with Crippen molar-refractivity contribution in [1.29, 1.82) is 0 Å². The Morgan fingerprint density at radius 1 is 1.23 bits per heavy atom. The van der Waals surface area contributed by atoms with E-state index in [1.807, 2.05) is 54.0 Å². The summed E-state index contributed by atoms with van der Waals surface area (Å²) in [6.07, 6.45) is 7.22. The summed E-state index contributed by atoms with van der Waals surface area (Å²) in [7, 11) is 0. The molecule has 1 aliphatic rings. The highest BCUT2D eigenvalue weighted by Gasteiger charge is 2.24. The zero-order valence-electron chi connectivity index (χ0n) is 14.2. The molecule has 0 atom stereocenters. The van der Waals surface area contributed by atoms with Gasteiger partial charge in [0.25, 0.3) is 5.91 Å². The molecule has 3 aromatic rings. The molecule has 0 bridgehead atoms. The third-order valence-electron chi connectivity index (χ3n) is 4.56. The van der Waals surface area contributed by atoms with Gasteiger partial charge in [0.1, 0.15) is 6.33 Å².